The number of carbonyl (C=O) groups excluding carboxylic acids is 2. The number of amides is 2. The summed E-state index contributed by atoms with van der Waals surface area (Å²) in [6.07, 6.45) is 4.14. The molecule has 7 heteroatoms. The minimum atomic E-state index is -0.147. The number of nitrogens with one attached hydrogen (secondary N) is 1. The molecule has 0 spiro atoms. The maximum absolute atomic E-state index is 12.6. The lowest BCUT2D eigenvalue weighted by Crippen LogP contribution is -2.45. The third kappa shape index (κ3) is 4.79. The van der Waals surface area contributed by atoms with Gasteiger partial charge in [0.2, 0.25) is 5.91 Å². The first-order chi connectivity index (χ1) is 14.7. The van der Waals surface area contributed by atoms with Crippen LogP contribution in [0.5, 0.6) is 5.75 Å². The van der Waals surface area contributed by atoms with E-state index in [9.17, 15) is 9.59 Å². The van der Waals surface area contributed by atoms with Crippen LogP contribution < -0.4 is 10.1 Å². The Morgan fingerprint density at radius 2 is 2.10 bits per heavy atom. The zero-order chi connectivity index (χ0) is 20.8. The van der Waals surface area contributed by atoms with E-state index in [1.54, 1.807) is 11.1 Å². The third-order valence-electron chi connectivity index (χ3n) is 5.28. The van der Waals surface area contributed by atoms with Crippen LogP contribution in [-0.4, -0.2) is 47.9 Å². The van der Waals surface area contributed by atoms with E-state index in [2.05, 4.69) is 10.3 Å². The Morgan fingerprint density at radius 1 is 1.20 bits per heavy atom. The lowest BCUT2D eigenvalue weighted by Gasteiger charge is -2.31. The van der Waals surface area contributed by atoms with Gasteiger partial charge in [0.15, 0.2) is 0 Å². The Hall–Kier alpha value is -2.93. The summed E-state index contributed by atoms with van der Waals surface area (Å²) in [5.41, 5.74) is 0.849. The number of rotatable bonds is 7. The number of nitrogens with zero attached hydrogens (tertiary/aromatic N) is 2. The van der Waals surface area contributed by atoms with E-state index in [0.717, 1.165) is 34.4 Å². The number of piperidine rings is 1. The lowest BCUT2D eigenvalue weighted by molar-refractivity contribution is -0.126. The molecule has 1 saturated heterocycles. The third-order valence-corrected chi connectivity index (χ3v) is 6.14. The number of ether oxygens (including phenoxy) is 1. The summed E-state index contributed by atoms with van der Waals surface area (Å²) in [4.78, 5) is 32.0. The van der Waals surface area contributed by atoms with Crippen LogP contribution >= 0.6 is 11.3 Å². The molecule has 2 aromatic heterocycles. The molecule has 1 N–H and O–H groups in total. The van der Waals surface area contributed by atoms with E-state index in [1.165, 1.54) is 11.3 Å². The Balaban J connectivity index is 1.21. The molecule has 1 aromatic carbocycles. The Labute approximate surface area is 179 Å². The lowest BCUT2D eigenvalue weighted by atomic mass is 9.97. The van der Waals surface area contributed by atoms with Gasteiger partial charge in [0, 0.05) is 31.2 Å². The van der Waals surface area contributed by atoms with Crippen LogP contribution in [-0.2, 0) is 4.79 Å². The fourth-order valence-electron chi connectivity index (χ4n) is 3.73. The monoisotopic (exact) mass is 423 g/mol. The van der Waals surface area contributed by atoms with Gasteiger partial charge in [0.1, 0.15) is 11.3 Å². The average molecular weight is 424 g/mol. The van der Waals surface area contributed by atoms with E-state index in [-0.39, 0.29) is 17.7 Å². The number of carbonyl (C=O) groups is 2. The van der Waals surface area contributed by atoms with E-state index < -0.39 is 0 Å². The van der Waals surface area contributed by atoms with Gasteiger partial charge >= 0.3 is 0 Å². The van der Waals surface area contributed by atoms with Gasteiger partial charge in [-0.15, -0.1) is 11.3 Å². The van der Waals surface area contributed by atoms with Crippen LogP contribution in [0.15, 0.2) is 54.0 Å². The molecule has 0 aliphatic carbocycles. The smallest absolute Gasteiger partial charge is 0.263 e. The summed E-state index contributed by atoms with van der Waals surface area (Å²) in [7, 11) is 0. The molecule has 1 aliphatic rings. The minimum absolute atomic E-state index is 0.0190. The number of fused-ring (bicyclic) bond motifs is 1. The van der Waals surface area contributed by atoms with Crippen LogP contribution in [0, 0.1) is 5.92 Å². The minimum Gasteiger partial charge on any atom is -0.491 e. The van der Waals surface area contributed by atoms with E-state index in [1.807, 2.05) is 47.8 Å². The highest BCUT2D eigenvalue weighted by molar-refractivity contribution is 7.12. The molecule has 3 heterocycles. The SMILES string of the molecule is O=C(NCCCOc1cccc2cccnc12)C1CCCN(C(=O)c2cccs2)C1. The molecule has 1 fully saturated rings. The van der Waals surface area contributed by atoms with Crippen molar-refractivity contribution < 1.29 is 14.3 Å². The molecule has 0 bridgehead atoms. The second-order valence-electron chi connectivity index (χ2n) is 7.39. The summed E-state index contributed by atoms with van der Waals surface area (Å²) in [6, 6.07) is 13.5. The molecule has 1 aliphatic heterocycles. The van der Waals surface area contributed by atoms with Gasteiger partial charge in [-0.05, 0) is 42.8 Å². The molecule has 1 unspecified atom stereocenters. The van der Waals surface area contributed by atoms with Gasteiger partial charge in [0.25, 0.3) is 5.91 Å². The van der Waals surface area contributed by atoms with Crippen LogP contribution in [0.3, 0.4) is 0 Å². The van der Waals surface area contributed by atoms with Gasteiger partial charge in [-0.1, -0.05) is 24.3 Å². The Bertz CT molecular complexity index is 1000. The molecule has 4 rings (SSSR count). The maximum atomic E-state index is 12.6. The van der Waals surface area contributed by atoms with Crippen LogP contribution in [0.25, 0.3) is 10.9 Å². The predicted molar refractivity (Wildman–Crippen MR) is 118 cm³/mol. The molecule has 156 valence electrons. The molecule has 0 saturated carbocycles. The fraction of sp³-hybridized carbons (Fsp3) is 0.348. The van der Waals surface area contributed by atoms with Crippen molar-refractivity contribution in [2.45, 2.75) is 19.3 Å². The summed E-state index contributed by atoms with van der Waals surface area (Å²) in [5, 5.41) is 5.94. The Kier molecular flexibility index (Phi) is 6.59. The van der Waals surface area contributed by atoms with Crippen molar-refractivity contribution in [3.05, 3.63) is 58.9 Å². The second-order valence-corrected chi connectivity index (χ2v) is 8.34. The van der Waals surface area contributed by atoms with Gasteiger partial charge in [-0.3, -0.25) is 14.6 Å². The molecular formula is C23H25N3O3S. The fourth-order valence-corrected chi connectivity index (χ4v) is 4.43. The van der Waals surface area contributed by atoms with Crippen molar-refractivity contribution in [3.63, 3.8) is 0 Å². The van der Waals surface area contributed by atoms with Crippen molar-refractivity contribution in [1.82, 2.24) is 15.2 Å². The van der Waals surface area contributed by atoms with Crippen LogP contribution in [0.2, 0.25) is 0 Å². The topological polar surface area (TPSA) is 71.5 Å². The van der Waals surface area contributed by atoms with Crippen molar-refractivity contribution >= 4 is 34.1 Å². The number of pyridine rings is 1. The van der Waals surface area contributed by atoms with Gasteiger partial charge in [-0.25, -0.2) is 0 Å². The van der Waals surface area contributed by atoms with E-state index in [0.29, 0.717) is 32.7 Å². The summed E-state index contributed by atoms with van der Waals surface area (Å²) in [5.74, 6) is 0.658. The summed E-state index contributed by atoms with van der Waals surface area (Å²) < 4.78 is 5.87. The predicted octanol–water partition coefficient (Wildman–Crippen LogP) is 3.73. The number of thiophene rings is 1. The van der Waals surface area contributed by atoms with Crippen LogP contribution in [0.1, 0.15) is 28.9 Å². The van der Waals surface area contributed by atoms with Gasteiger partial charge in [0.05, 0.1) is 17.4 Å². The maximum Gasteiger partial charge on any atom is 0.263 e. The van der Waals surface area contributed by atoms with Gasteiger partial charge in [-0.2, -0.15) is 0 Å². The first-order valence-electron chi connectivity index (χ1n) is 10.3. The number of aromatic nitrogens is 1. The number of hydrogen-bond acceptors (Lipinski definition) is 5. The Morgan fingerprint density at radius 3 is 2.97 bits per heavy atom. The van der Waals surface area contributed by atoms with Crippen molar-refractivity contribution in [2.24, 2.45) is 5.92 Å². The molecule has 3 aromatic rings. The van der Waals surface area contributed by atoms with Crippen LogP contribution in [0.4, 0.5) is 0 Å². The van der Waals surface area contributed by atoms with E-state index >= 15 is 0 Å². The van der Waals surface area contributed by atoms with Crippen molar-refractivity contribution in [1.29, 1.82) is 0 Å². The molecule has 2 amide bonds. The first-order valence-corrected chi connectivity index (χ1v) is 11.2. The number of hydrogen-bond donors (Lipinski definition) is 1. The molecule has 6 nitrogen and oxygen atoms in total. The quantitative estimate of drug-likeness (QED) is 0.588. The number of benzene rings is 1. The zero-order valence-electron chi connectivity index (χ0n) is 16.8. The highest BCUT2D eigenvalue weighted by atomic mass is 32.1. The first kappa shape index (κ1) is 20.3. The highest BCUT2D eigenvalue weighted by Gasteiger charge is 2.29. The van der Waals surface area contributed by atoms with E-state index in [4.69, 9.17) is 4.74 Å². The second kappa shape index (κ2) is 9.71. The van der Waals surface area contributed by atoms with Gasteiger partial charge < -0.3 is 15.0 Å². The highest BCUT2D eigenvalue weighted by Crippen LogP contribution is 2.23. The molecule has 30 heavy (non-hydrogen) atoms. The standard InChI is InChI=1S/C23H25N3O3S/c27-22(18-8-3-13-26(16-18)23(28)20-10-4-15-30-20)25-12-5-14-29-19-9-1-6-17-7-2-11-24-21(17)19/h1-2,4,6-7,9-11,15,18H,3,5,8,12-14,16H2,(H,25,27). The summed E-state index contributed by atoms with van der Waals surface area (Å²) in [6.45, 7) is 2.25. The number of likely N-dealkylation sites (tertiary alicyclic amines) is 1. The molecule has 1 atom stereocenters. The zero-order valence-corrected chi connectivity index (χ0v) is 17.6. The largest absolute Gasteiger partial charge is 0.491 e. The van der Waals surface area contributed by atoms with Crippen molar-refractivity contribution in [2.75, 3.05) is 26.2 Å². The normalized spacial score (nSPS) is 16.4. The average Bonchev–Trinajstić information content (AvgIpc) is 3.33. The molecular weight excluding hydrogens is 398 g/mol. The number of para-hydroxylation sites is 1. The summed E-state index contributed by atoms with van der Waals surface area (Å²) >= 11 is 1.44. The van der Waals surface area contributed by atoms with Crippen molar-refractivity contribution in [3.8, 4) is 5.75 Å². The molecule has 0 radical (unpaired) electrons.